The molecule has 2 rings (SSSR count). The summed E-state index contributed by atoms with van der Waals surface area (Å²) in [6, 6.07) is 12.4. The van der Waals surface area contributed by atoms with Crippen molar-refractivity contribution in [2.24, 2.45) is 10.8 Å². The van der Waals surface area contributed by atoms with E-state index in [0.717, 1.165) is 44.9 Å². The number of carbonyl (C=O) groups excluding carboxylic acids is 1. The molecule has 1 saturated carbocycles. The van der Waals surface area contributed by atoms with Crippen molar-refractivity contribution >= 4 is 5.97 Å². The number of benzene rings is 1. The van der Waals surface area contributed by atoms with E-state index in [0.29, 0.717) is 18.1 Å². The highest BCUT2D eigenvalue weighted by atomic mass is 16.5. The van der Waals surface area contributed by atoms with Gasteiger partial charge in [0, 0.05) is 0 Å². The Labute approximate surface area is 182 Å². The van der Waals surface area contributed by atoms with E-state index >= 15 is 0 Å². The Morgan fingerprint density at radius 3 is 2.30 bits per heavy atom. The smallest absolute Gasteiger partial charge is 0.331 e. The number of rotatable bonds is 10. The predicted octanol–water partition coefficient (Wildman–Crippen LogP) is 7.06. The van der Waals surface area contributed by atoms with Crippen LogP contribution in [0.4, 0.5) is 0 Å². The lowest BCUT2D eigenvalue weighted by Crippen LogP contribution is -2.30. The minimum Gasteiger partial charge on any atom is -0.425 e. The Bertz CT molecular complexity index is 764. The van der Waals surface area contributed by atoms with Crippen LogP contribution in [0.1, 0.15) is 103 Å². The number of ether oxygens (including phenoxy) is 1. The van der Waals surface area contributed by atoms with E-state index in [4.69, 9.17) is 4.74 Å². The summed E-state index contributed by atoms with van der Waals surface area (Å²) >= 11 is 0. The molecule has 1 aromatic carbocycles. The maximum Gasteiger partial charge on any atom is 0.331 e. The van der Waals surface area contributed by atoms with Crippen LogP contribution in [0.25, 0.3) is 0 Å². The quantitative estimate of drug-likeness (QED) is 0.236. The number of hydrogen-bond acceptors (Lipinski definition) is 4. The fourth-order valence-electron chi connectivity index (χ4n) is 4.54. The maximum atomic E-state index is 12.4. The second-order valence-electron chi connectivity index (χ2n) is 9.13. The van der Waals surface area contributed by atoms with Gasteiger partial charge in [0.15, 0.2) is 5.41 Å². The zero-order valence-corrected chi connectivity index (χ0v) is 18.9. The molecule has 0 spiro atoms. The topological polar surface area (TPSA) is 73.9 Å². The number of nitrogens with zero attached hydrogens (tertiary/aromatic N) is 2. The largest absolute Gasteiger partial charge is 0.425 e. The van der Waals surface area contributed by atoms with Gasteiger partial charge in [-0.25, -0.2) is 4.79 Å². The molecule has 0 bridgehead atoms. The Hall–Kier alpha value is -2.33. The van der Waals surface area contributed by atoms with Crippen molar-refractivity contribution in [2.75, 3.05) is 0 Å². The van der Waals surface area contributed by atoms with Crippen molar-refractivity contribution < 1.29 is 9.53 Å². The van der Waals surface area contributed by atoms with Gasteiger partial charge in [0.05, 0.1) is 17.6 Å². The molecule has 0 aliphatic heterocycles. The minimum atomic E-state index is -1.10. The van der Waals surface area contributed by atoms with Gasteiger partial charge in [-0.2, -0.15) is 10.5 Å². The molecule has 1 atom stereocenters. The van der Waals surface area contributed by atoms with E-state index in [9.17, 15) is 15.3 Å². The van der Waals surface area contributed by atoms with Gasteiger partial charge in [-0.05, 0) is 69.1 Å². The van der Waals surface area contributed by atoms with Gasteiger partial charge in [-0.1, -0.05) is 58.1 Å². The summed E-state index contributed by atoms with van der Waals surface area (Å²) in [6.45, 7) is 5.80. The number of carbonyl (C=O) groups is 1. The molecule has 0 radical (unpaired) electrons. The van der Waals surface area contributed by atoms with Crippen LogP contribution in [0.2, 0.25) is 0 Å². The van der Waals surface area contributed by atoms with Gasteiger partial charge >= 0.3 is 5.97 Å². The van der Waals surface area contributed by atoms with Gasteiger partial charge < -0.3 is 4.74 Å². The van der Waals surface area contributed by atoms with Gasteiger partial charge in [-0.3, -0.25) is 0 Å². The number of hydrogen-bond donors (Lipinski definition) is 0. The van der Waals surface area contributed by atoms with Crippen LogP contribution in [0.5, 0.6) is 5.75 Å². The summed E-state index contributed by atoms with van der Waals surface area (Å²) in [7, 11) is 0. The van der Waals surface area contributed by atoms with E-state index in [-0.39, 0.29) is 5.41 Å². The van der Waals surface area contributed by atoms with E-state index in [2.05, 4.69) is 19.1 Å². The van der Waals surface area contributed by atoms with Crippen LogP contribution in [-0.4, -0.2) is 5.97 Å². The van der Waals surface area contributed by atoms with Crippen LogP contribution in [0.15, 0.2) is 24.3 Å². The molecule has 0 saturated heterocycles. The highest BCUT2D eigenvalue weighted by Crippen LogP contribution is 2.45. The first kappa shape index (κ1) is 23.9. The summed E-state index contributed by atoms with van der Waals surface area (Å²) in [5.41, 5.74) is -0.00104. The monoisotopic (exact) mass is 408 g/mol. The fraction of sp³-hybridized carbons (Fsp3) is 0.654. The lowest BCUT2D eigenvalue weighted by Gasteiger charge is -2.35. The predicted molar refractivity (Wildman–Crippen MR) is 119 cm³/mol. The Morgan fingerprint density at radius 2 is 1.77 bits per heavy atom. The zero-order chi connectivity index (χ0) is 22.0. The molecule has 1 unspecified atom stereocenters. The third-order valence-corrected chi connectivity index (χ3v) is 6.70. The lowest BCUT2D eigenvalue weighted by atomic mass is 9.67. The minimum absolute atomic E-state index is 0.138. The van der Waals surface area contributed by atoms with Crippen LogP contribution in [0, 0.1) is 33.5 Å². The highest BCUT2D eigenvalue weighted by molar-refractivity contribution is 5.81. The Morgan fingerprint density at radius 1 is 1.10 bits per heavy atom. The van der Waals surface area contributed by atoms with Gasteiger partial charge in [0.1, 0.15) is 5.75 Å². The molecule has 30 heavy (non-hydrogen) atoms. The molecule has 0 aromatic heterocycles. The Kier molecular flexibility index (Phi) is 8.91. The summed E-state index contributed by atoms with van der Waals surface area (Å²) in [5, 5.41) is 19.1. The summed E-state index contributed by atoms with van der Waals surface area (Å²) in [5.74, 6) is 0.454. The first-order valence-corrected chi connectivity index (χ1v) is 11.6. The molecule has 0 heterocycles. The Balaban J connectivity index is 1.93. The van der Waals surface area contributed by atoms with Gasteiger partial charge in [0.25, 0.3) is 0 Å². The molecule has 1 aromatic rings. The van der Waals surface area contributed by atoms with Crippen molar-refractivity contribution in [2.45, 2.75) is 97.3 Å². The first-order chi connectivity index (χ1) is 14.4. The van der Waals surface area contributed by atoms with Crippen LogP contribution < -0.4 is 4.74 Å². The van der Waals surface area contributed by atoms with Crippen LogP contribution in [0.3, 0.4) is 0 Å². The molecule has 4 heteroatoms. The molecule has 162 valence electrons. The average Bonchev–Trinajstić information content (AvgIpc) is 2.78. The molecular weight excluding hydrogens is 372 g/mol. The van der Waals surface area contributed by atoms with Crippen molar-refractivity contribution in [1.82, 2.24) is 0 Å². The van der Waals surface area contributed by atoms with Crippen molar-refractivity contribution in [3.05, 3.63) is 29.8 Å². The standard InChI is InChI=1S/C26H36N2O2/c1-4-6-7-8-16-26(20-28)17-13-22(14-18-26)21-9-11-23(12-10-21)30-24(29)25(3,19-27)15-5-2/h9-12,22H,4-8,13-18H2,1-3H3. The lowest BCUT2D eigenvalue weighted by molar-refractivity contribution is -0.142. The van der Waals surface area contributed by atoms with Crippen molar-refractivity contribution in [3.63, 3.8) is 0 Å². The van der Waals surface area contributed by atoms with Crippen LogP contribution >= 0.6 is 0 Å². The van der Waals surface area contributed by atoms with E-state index in [1.165, 1.54) is 24.8 Å². The highest BCUT2D eigenvalue weighted by Gasteiger charge is 2.36. The fourth-order valence-corrected chi connectivity index (χ4v) is 4.54. The molecular formula is C26H36N2O2. The summed E-state index contributed by atoms with van der Waals surface area (Å²) < 4.78 is 5.48. The van der Waals surface area contributed by atoms with E-state index in [1.54, 1.807) is 6.92 Å². The molecule has 0 amide bonds. The third-order valence-electron chi connectivity index (χ3n) is 6.70. The third kappa shape index (κ3) is 6.09. The summed E-state index contributed by atoms with van der Waals surface area (Å²) in [6.07, 6.45) is 11.1. The zero-order valence-electron chi connectivity index (χ0n) is 18.9. The number of esters is 1. The number of nitriles is 2. The van der Waals surface area contributed by atoms with Crippen molar-refractivity contribution in [3.8, 4) is 17.9 Å². The van der Waals surface area contributed by atoms with E-state index in [1.807, 2.05) is 31.2 Å². The normalized spacial score (nSPS) is 23.0. The molecule has 4 nitrogen and oxygen atoms in total. The van der Waals surface area contributed by atoms with Gasteiger partial charge in [-0.15, -0.1) is 0 Å². The maximum absolute atomic E-state index is 12.4. The van der Waals surface area contributed by atoms with Crippen molar-refractivity contribution in [1.29, 1.82) is 10.5 Å². The second-order valence-corrected chi connectivity index (χ2v) is 9.13. The molecule has 1 fully saturated rings. The van der Waals surface area contributed by atoms with E-state index < -0.39 is 11.4 Å². The molecule has 0 N–H and O–H groups in total. The number of unbranched alkanes of at least 4 members (excludes halogenated alkanes) is 3. The second kappa shape index (κ2) is 11.2. The average molecular weight is 409 g/mol. The SMILES string of the molecule is CCCCCCC1(C#N)CCC(c2ccc(OC(=O)C(C)(C#N)CCC)cc2)CC1. The molecule has 1 aliphatic rings. The summed E-state index contributed by atoms with van der Waals surface area (Å²) in [4.78, 5) is 12.4. The van der Waals surface area contributed by atoms with Crippen LogP contribution in [-0.2, 0) is 4.79 Å². The molecule has 1 aliphatic carbocycles. The first-order valence-electron chi connectivity index (χ1n) is 11.6. The van der Waals surface area contributed by atoms with Gasteiger partial charge in [0.2, 0.25) is 0 Å².